The molecule has 102 valence electrons. The van der Waals surface area contributed by atoms with Gasteiger partial charge >= 0.3 is 6.18 Å². The van der Waals surface area contributed by atoms with Crippen molar-refractivity contribution in [2.75, 3.05) is 6.61 Å². The minimum absolute atomic E-state index is 0.326. The Morgan fingerprint density at radius 1 is 1.11 bits per heavy atom. The van der Waals surface area contributed by atoms with Crippen molar-refractivity contribution in [3.8, 4) is 0 Å². The van der Waals surface area contributed by atoms with E-state index in [4.69, 9.17) is 0 Å². The number of hydroxylamine groups is 1. The van der Waals surface area contributed by atoms with Crippen LogP contribution in [0.25, 0.3) is 10.8 Å². The molecule has 0 spiro atoms. The Hall–Kier alpha value is -1.59. The minimum atomic E-state index is -4.33. The van der Waals surface area contributed by atoms with Crippen molar-refractivity contribution in [2.45, 2.75) is 19.1 Å². The van der Waals surface area contributed by atoms with E-state index in [0.717, 1.165) is 16.3 Å². The molecule has 0 saturated carbocycles. The second-order valence-corrected chi connectivity index (χ2v) is 4.31. The van der Waals surface area contributed by atoms with Crippen molar-refractivity contribution in [2.24, 2.45) is 0 Å². The zero-order valence-electron chi connectivity index (χ0n) is 10.4. The highest BCUT2D eigenvalue weighted by atomic mass is 19.4. The summed E-state index contributed by atoms with van der Waals surface area (Å²) < 4.78 is 36.0. The lowest BCUT2D eigenvalue weighted by Crippen LogP contribution is -2.26. The van der Waals surface area contributed by atoms with Crippen LogP contribution in [0.15, 0.2) is 42.5 Å². The zero-order valence-corrected chi connectivity index (χ0v) is 10.4. The number of hydrogen-bond donors (Lipinski definition) is 1. The summed E-state index contributed by atoms with van der Waals surface area (Å²) in [6.45, 7) is 0.459. The largest absolute Gasteiger partial charge is 0.413 e. The molecule has 0 bridgehead atoms. The van der Waals surface area contributed by atoms with Crippen LogP contribution in [0.1, 0.15) is 18.5 Å². The molecule has 0 aliphatic heterocycles. The lowest BCUT2D eigenvalue weighted by atomic mass is 10.0. The van der Waals surface area contributed by atoms with Crippen molar-refractivity contribution >= 4 is 10.8 Å². The lowest BCUT2D eigenvalue weighted by Gasteiger charge is -2.17. The molecule has 0 aliphatic carbocycles. The molecule has 0 heterocycles. The molecular formula is C14H14F3NO. The molecule has 5 heteroatoms. The quantitative estimate of drug-likeness (QED) is 0.847. The van der Waals surface area contributed by atoms with Crippen LogP contribution in [0.3, 0.4) is 0 Å². The topological polar surface area (TPSA) is 21.3 Å². The number of nitrogens with one attached hydrogen (secondary N) is 1. The first-order valence-electron chi connectivity index (χ1n) is 5.89. The van der Waals surface area contributed by atoms with Gasteiger partial charge in [0.15, 0.2) is 6.61 Å². The molecule has 2 aromatic rings. The number of hydrogen-bond acceptors (Lipinski definition) is 2. The molecule has 0 aliphatic rings. The molecule has 2 aromatic carbocycles. The van der Waals surface area contributed by atoms with Gasteiger partial charge in [0.1, 0.15) is 0 Å². The first kappa shape index (κ1) is 13.8. The number of fused-ring (bicyclic) bond motifs is 1. The Morgan fingerprint density at radius 2 is 1.79 bits per heavy atom. The van der Waals surface area contributed by atoms with Crippen molar-refractivity contribution in [1.82, 2.24) is 5.48 Å². The van der Waals surface area contributed by atoms with Crippen LogP contribution in [0, 0.1) is 0 Å². The highest BCUT2D eigenvalue weighted by Gasteiger charge is 2.28. The zero-order chi connectivity index (χ0) is 13.9. The summed E-state index contributed by atoms with van der Waals surface area (Å²) in [4.78, 5) is 4.49. The second kappa shape index (κ2) is 5.59. The van der Waals surface area contributed by atoms with E-state index >= 15 is 0 Å². The summed E-state index contributed by atoms with van der Waals surface area (Å²) >= 11 is 0. The molecule has 1 N–H and O–H groups in total. The van der Waals surface area contributed by atoms with Gasteiger partial charge in [0.05, 0.1) is 6.04 Å². The van der Waals surface area contributed by atoms with E-state index in [1.54, 1.807) is 6.92 Å². The summed E-state index contributed by atoms with van der Waals surface area (Å²) in [5.41, 5.74) is 3.33. The maximum Gasteiger partial charge on any atom is 0.413 e. The van der Waals surface area contributed by atoms with Gasteiger partial charge in [-0.2, -0.15) is 18.7 Å². The molecular weight excluding hydrogens is 255 g/mol. The van der Waals surface area contributed by atoms with Gasteiger partial charge in [-0.3, -0.25) is 4.84 Å². The number of benzene rings is 2. The smallest absolute Gasteiger partial charge is 0.292 e. The predicted molar refractivity (Wildman–Crippen MR) is 67.5 cm³/mol. The van der Waals surface area contributed by atoms with Crippen LogP contribution in [0.5, 0.6) is 0 Å². The van der Waals surface area contributed by atoms with E-state index in [1.807, 2.05) is 42.5 Å². The maximum absolute atomic E-state index is 12.0. The van der Waals surface area contributed by atoms with Gasteiger partial charge in [-0.15, -0.1) is 0 Å². The molecule has 0 fully saturated rings. The fourth-order valence-electron chi connectivity index (χ4n) is 1.94. The highest BCUT2D eigenvalue weighted by molar-refractivity contribution is 5.86. The van der Waals surface area contributed by atoms with Gasteiger partial charge < -0.3 is 0 Å². The SMILES string of the molecule is CC(NOCC(F)(F)F)c1cccc2ccccc12. The molecule has 1 atom stereocenters. The summed E-state index contributed by atoms with van der Waals surface area (Å²) in [5.74, 6) is 0. The lowest BCUT2D eigenvalue weighted by molar-refractivity contribution is -0.192. The number of halogens is 3. The Balaban J connectivity index is 2.11. The minimum Gasteiger partial charge on any atom is -0.292 e. The molecule has 1 unspecified atom stereocenters. The van der Waals surface area contributed by atoms with Gasteiger partial charge in [-0.05, 0) is 23.3 Å². The third-order valence-corrected chi connectivity index (χ3v) is 2.79. The van der Waals surface area contributed by atoms with Crippen LogP contribution in [-0.4, -0.2) is 12.8 Å². The standard InChI is InChI=1S/C14H14F3NO/c1-10(18-19-9-14(15,16)17)12-8-4-6-11-5-2-3-7-13(11)12/h2-8,10,18H,9H2,1H3. The fourth-order valence-corrected chi connectivity index (χ4v) is 1.94. The molecule has 2 rings (SSSR count). The van der Waals surface area contributed by atoms with E-state index in [0.29, 0.717) is 0 Å². The summed E-state index contributed by atoms with van der Waals surface area (Å²) in [6, 6.07) is 13.1. The average molecular weight is 269 g/mol. The van der Waals surface area contributed by atoms with Crippen LogP contribution in [0.4, 0.5) is 13.2 Å². The Morgan fingerprint density at radius 3 is 2.53 bits per heavy atom. The predicted octanol–water partition coefficient (Wildman–Crippen LogP) is 3.98. The van der Waals surface area contributed by atoms with Gasteiger partial charge in [-0.25, -0.2) is 0 Å². The van der Waals surface area contributed by atoms with Crippen molar-refractivity contribution in [1.29, 1.82) is 0 Å². The molecule has 0 radical (unpaired) electrons. The monoisotopic (exact) mass is 269 g/mol. The van der Waals surface area contributed by atoms with Gasteiger partial charge in [-0.1, -0.05) is 42.5 Å². The van der Waals surface area contributed by atoms with Crippen molar-refractivity contribution in [3.05, 3.63) is 48.0 Å². The van der Waals surface area contributed by atoms with Gasteiger partial charge in [0, 0.05) is 0 Å². The van der Waals surface area contributed by atoms with Crippen LogP contribution in [0.2, 0.25) is 0 Å². The van der Waals surface area contributed by atoms with Crippen LogP contribution >= 0.6 is 0 Å². The van der Waals surface area contributed by atoms with E-state index in [2.05, 4.69) is 10.3 Å². The second-order valence-electron chi connectivity index (χ2n) is 4.31. The van der Waals surface area contributed by atoms with Gasteiger partial charge in [0.2, 0.25) is 0 Å². The third kappa shape index (κ3) is 3.68. The summed E-state index contributed by atoms with van der Waals surface area (Å²) in [7, 11) is 0. The Bertz CT molecular complexity index is 548. The maximum atomic E-state index is 12.0. The highest BCUT2D eigenvalue weighted by Crippen LogP contribution is 2.24. The average Bonchev–Trinajstić information content (AvgIpc) is 2.36. The van der Waals surface area contributed by atoms with Crippen molar-refractivity contribution in [3.63, 3.8) is 0 Å². The number of alkyl halides is 3. The van der Waals surface area contributed by atoms with Crippen LogP contribution < -0.4 is 5.48 Å². The van der Waals surface area contributed by atoms with E-state index in [9.17, 15) is 13.2 Å². The Kier molecular flexibility index (Phi) is 4.07. The molecule has 0 saturated heterocycles. The number of rotatable bonds is 4. The van der Waals surface area contributed by atoms with E-state index < -0.39 is 12.8 Å². The third-order valence-electron chi connectivity index (χ3n) is 2.79. The molecule has 19 heavy (non-hydrogen) atoms. The first-order valence-corrected chi connectivity index (χ1v) is 5.89. The van der Waals surface area contributed by atoms with E-state index in [1.165, 1.54) is 0 Å². The first-order chi connectivity index (χ1) is 8.97. The van der Waals surface area contributed by atoms with Crippen LogP contribution in [-0.2, 0) is 4.84 Å². The summed E-state index contributed by atoms with van der Waals surface area (Å²) in [5, 5.41) is 2.05. The van der Waals surface area contributed by atoms with Crippen molar-refractivity contribution < 1.29 is 18.0 Å². The summed E-state index contributed by atoms with van der Waals surface area (Å²) in [6.07, 6.45) is -4.33. The molecule has 0 aromatic heterocycles. The normalized spacial score (nSPS) is 13.7. The molecule has 0 amide bonds. The Labute approximate surface area is 109 Å². The van der Waals surface area contributed by atoms with E-state index in [-0.39, 0.29) is 6.04 Å². The van der Waals surface area contributed by atoms with Gasteiger partial charge in [0.25, 0.3) is 0 Å². The molecule has 2 nitrogen and oxygen atoms in total. The fraction of sp³-hybridized carbons (Fsp3) is 0.286.